The Bertz CT molecular complexity index is 778. The van der Waals surface area contributed by atoms with Crippen molar-refractivity contribution in [2.24, 2.45) is 4.99 Å². The molecule has 0 radical (unpaired) electrons. The molecule has 0 unspecified atom stereocenters. The molecular weight excluding hydrogens is 254 g/mol. The average Bonchev–Trinajstić information content (AvgIpc) is 2.81. The van der Waals surface area contributed by atoms with E-state index in [-0.39, 0.29) is 12.5 Å². The fourth-order valence-corrected chi connectivity index (χ4v) is 2.02. The Kier molecular flexibility index (Phi) is 3.18. The van der Waals surface area contributed by atoms with E-state index < -0.39 is 0 Å². The quantitative estimate of drug-likeness (QED) is 0.638. The highest BCUT2D eigenvalue weighted by molar-refractivity contribution is 6.00. The van der Waals surface area contributed by atoms with Crippen LogP contribution in [0.15, 0.2) is 47.6 Å². The molecule has 100 valence electrons. The van der Waals surface area contributed by atoms with Crippen molar-refractivity contribution in [3.63, 3.8) is 0 Å². The van der Waals surface area contributed by atoms with Crippen molar-refractivity contribution in [3.05, 3.63) is 53.7 Å². The average molecular weight is 267 g/mol. The first-order valence-electron chi connectivity index (χ1n) is 6.17. The Hall–Kier alpha value is -2.66. The number of nitrogens with one attached hydrogen (secondary N) is 1. The lowest BCUT2D eigenvalue weighted by atomic mass is 10.2. The first-order valence-corrected chi connectivity index (χ1v) is 6.17. The van der Waals surface area contributed by atoms with Crippen molar-refractivity contribution in [1.82, 2.24) is 9.97 Å². The van der Waals surface area contributed by atoms with Crippen LogP contribution < -0.4 is 0 Å². The van der Waals surface area contributed by atoms with E-state index in [9.17, 15) is 5.11 Å². The van der Waals surface area contributed by atoms with Crippen LogP contribution >= 0.6 is 0 Å². The predicted molar refractivity (Wildman–Crippen MR) is 77.4 cm³/mol. The fourth-order valence-electron chi connectivity index (χ4n) is 2.02. The zero-order valence-electron chi connectivity index (χ0n) is 10.6. The number of hydrogen-bond acceptors (Lipinski definition) is 4. The molecule has 0 atom stereocenters. The molecule has 0 aliphatic carbocycles. The van der Waals surface area contributed by atoms with Gasteiger partial charge in [-0.05, 0) is 29.8 Å². The van der Waals surface area contributed by atoms with Gasteiger partial charge in [0.05, 0.1) is 23.4 Å². The zero-order chi connectivity index (χ0) is 13.9. The van der Waals surface area contributed by atoms with Crippen LogP contribution in [0.1, 0.15) is 11.1 Å². The summed E-state index contributed by atoms with van der Waals surface area (Å²) >= 11 is 0. The van der Waals surface area contributed by atoms with Crippen molar-refractivity contribution in [2.75, 3.05) is 0 Å². The monoisotopic (exact) mass is 267 g/mol. The molecule has 3 aromatic rings. The lowest BCUT2D eigenvalue weighted by Gasteiger charge is -1.97. The third-order valence-corrected chi connectivity index (χ3v) is 3.01. The third kappa shape index (κ3) is 2.26. The number of aromatic nitrogens is 2. The van der Waals surface area contributed by atoms with E-state index in [1.165, 1.54) is 0 Å². The molecule has 0 amide bonds. The number of pyridine rings is 1. The topological polar surface area (TPSA) is 81.5 Å². The van der Waals surface area contributed by atoms with Crippen LogP contribution in [0.5, 0.6) is 5.88 Å². The number of aliphatic imine (C=N–C) groups is 1. The van der Waals surface area contributed by atoms with Gasteiger partial charge in [-0.15, -0.1) is 0 Å². The van der Waals surface area contributed by atoms with E-state index >= 15 is 0 Å². The maximum Gasteiger partial charge on any atom is 0.200 e. The molecule has 20 heavy (non-hydrogen) atoms. The van der Waals surface area contributed by atoms with Gasteiger partial charge in [0.25, 0.3) is 0 Å². The lowest BCUT2D eigenvalue weighted by Crippen LogP contribution is -1.83. The smallest absolute Gasteiger partial charge is 0.200 e. The Morgan fingerprint density at radius 1 is 1.25 bits per heavy atom. The summed E-state index contributed by atoms with van der Waals surface area (Å²) in [5, 5.41) is 19.0. The molecule has 2 aromatic heterocycles. The van der Waals surface area contributed by atoms with Crippen molar-refractivity contribution in [2.45, 2.75) is 6.61 Å². The number of rotatable bonds is 3. The highest BCUT2D eigenvalue weighted by Crippen LogP contribution is 2.24. The van der Waals surface area contributed by atoms with Gasteiger partial charge in [-0.2, -0.15) is 0 Å². The van der Waals surface area contributed by atoms with E-state index in [1.54, 1.807) is 24.5 Å². The second-order valence-electron chi connectivity index (χ2n) is 4.37. The number of aromatic amines is 1. The SMILES string of the molecule is OCc1cccc(N=Cc2c(O)[nH]c3cccnc23)c1. The molecule has 5 nitrogen and oxygen atoms in total. The van der Waals surface area contributed by atoms with Crippen LogP contribution in [0, 0.1) is 0 Å². The number of aliphatic hydroxyl groups excluding tert-OH is 1. The van der Waals surface area contributed by atoms with E-state index in [0.717, 1.165) is 11.1 Å². The minimum absolute atomic E-state index is 0.0246. The van der Waals surface area contributed by atoms with Gasteiger partial charge in [0.1, 0.15) is 5.52 Å². The predicted octanol–water partition coefficient (Wildman–Crippen LogP) is 2.51. The van der Waals surface area contributed by atoms with Crippen molar-refractivity contribution < 1.29 is 10.2 Å². The molecule has 0 saturated carbocycles. The normalized spacial score (nSPS) is 11.4. The summed E-state index contributed by atoms with van der Waals surface area (Å²) in [5.41, 5.74) is 3.49. The summed E-state index contributed by atoms with van der Waals surface area (Å²) in [4.78, 5) is 11.4. The maximum absolute atomic E-state index is 9.89. The Morgan fingerprint density at radius 3 is 3.00 bits per heavy atom. The maximum atomic E-state index is 9.89. The fraction of sp³-hybridized carbons (Fsp3) is 0.0667. The Labute approximate surface area is 115 Å². The summed E-state index contributed by atoms with van der Waals surface area (Å²) in [5.74, 6) is 0.0424. The molecule has 0 aliphatic rings. The minimum Gasteiger partial charge on any atom is -0.494 e. The van der Waals surface area contributed by atoms with E-state index in [4.69, 9.17) is 5.11 Å². The number of aliphatic hydroxyl groups is 1. The molecule has 0 fully saturated rings. The molecule has 0 bridgehead atoms. The van der Waals surface area contributed by atoms with Gasteiger partial charge in [-0.3, -0.25) is 9.98 Å². The van der Waals surface area contributed by atoms with Gasteiger partial charge < -0.3 is 15.2 Å². The molecule has 0 saturated heterocycles. The van der Waals surface area contributed by atoms with Gasteiger partial charge >= 0.3 is 0 Å². The Balaban J connectivity index is 2.00. The van der Waals surface area contributed by atoms with Gasteiger partial charge in [-0.25, -0.2) is 0 Å². The number of hydrogen-bond donors (Lipinski definition) is 3. The first-order chi connectivity index (χ1) is 9.78. The molecule has 5 heteroatoms. The van der Waals surface area contributed by atoms with Crippen LogP contribution in [0.2, 0.25) is 0 Å². The molecule has 2 heterocycles. The lowest BCUT2D eigenvalue weighted by molar-refractivity contribution is 0.282. The summed E-state index contributed by atoms with van der Waals surface area (Å²) in [6.45, 7) is -0.0246. The van der Waals surface area contributed by atoms with E-state index in [2.05, 4.69) is 15.0 Å². The number of H-pyrrole nitrogens is 1. The summed E-state index contributed by atoms with van der Waals surface area (Å²) in [6, 6.07) is 10.9. The van der Waals surface area contributed by atoms with Gasteiger partial charge in [0, 0.05) is 12.4 Å². The molecular formula is C15H13N3O2. The van der Waals surface area contributed by atoms with Crippen LogP contribution in [0.4, 0.5) is 5.69 Å². The summed E-state index contributed by atoms with van der Waals surface area (Å²) < 4.78 is 0. The van der Waals surface area contributed by atoms with Crippen LogP contribution in [-0.4, -0.2) is 26.4 Å². The summed E-state index contributed by atoms with van der Waals surface area (Å²) in [6.07, 6.45) is 3.23. The highest BCUT2D eigenvalue weighted by Gasteiger charge is 2.09. The molecule has 3 rings (SSSR count). The van der Waals surface area contributed by atoms with Gasteiger partial charge in [0.2, 0.25) is 0 Å². The van der Waals surface area contributed by atoms with Crippen LogP contribution in [0.3, 0.4) is 0 Å². The molecule has 3 N–H and O–H groups in total. The molecule has 0 spiro atoms. The molecule has 1 aromatic carbocycles. The van der Waals surface area contributed by atoms with Gasteiger partial charge in [-0.1, -0.05) is 12.1 Å². The van der Waals surface area contributed by atoms with Crippen LogP contribution in [-0.2, 0) is 6.61 Å². The number of benzene rings is 1. The first kappa shape index (κ1) is 12.4. The van der Waals surface area contributed by atoms with Crippen molar-refractivity contribution >= 4 is 22.9 Å². The Morgan fingerprint density at radius 2 is 2.15 bits per heavy atom. The van der Waals surface area contributed by atoms with E-state index in [1.807, 2.05) is 24.3 Å². The second-order valence-corrected chi connectivity index (χ2v) is 4.37. The highest BCUT2D eigenvalue weighted by atomic mass is 16.3. The standard InChI is InChI=1S/C15H13N3O2/c19-9-10-3-1-4-11(7-10)17-8-12-14-13(18-15(12)20)5-2-6-16-14/h1-8,18-20H,9H2. The molecule has 0 aliphatic heterocycles. The van der Waals surface area contributed by atoms with Crippen molar-refractivity contribution in [3.8, 4) is 5.88 Å². The third-order valence-electron chi connectivity index (χ3n) is 3.01. The number of nitrogens with zero attached hydrogens (tertiary/aromatic N) is 2. The second kappa shape index (κ2) is 5.14. The largest absolute Gasteiger partial charge is 0.494 e. The summed E-state index contributed by atoms with van der Waals surface area (Å²) in [7, 11) is 0. The number of fused-ring (bicyclic) bond motifs is 1. The van der Waals surface area contributed by atoms with Crippen LogP contribution in [0.25, 0.3) is 11.0 Å². The van der Waals surface area contributed by atoms with Crippen molar-refractivity contribution in [1.29, 1.82) is 0 Å². The zero-order valence-corrected chi connectivity index (χ0v) is 10.6. The number of aromatic hydroxyl groups is 1. The minimum atomic E-state index is -0.0246. The van der Waals surface area contributed by atoms with E-state index in [0.29, 0.717) is 16.8 Å². The van der Waals surface area contributed by atoms with Gasteiger partial charge in [0.15, 0.2) is 5.88 Å².